The van der Waals surface area contributed by atoms with Gasteiger partial charge in [0.15, 0.2) is 9.84 Å². The Morgan fingerprint density at radius 1 is 1.56 bits per heavy atom. The number of rotatable bonds is 3. The SMILES string of the molecule is CS(=O)(=O)C1CSCCN1c1cccc(CN)n1. The molecule has 1 aromatic rings. The van der Waals surface area contributed by atoms with Gasteiger partial charge in [-0.05, 0) is 12.1 Å². The van der Waals surface area contributed by atoms with E-state index >= 15 is 0 Å². The van der Waals surface area contributed by atoms with E-state index in [2.05, 4.69) is 4.98 Å². The molecule has 1 aliphatic heterocycles. The average Bonchev–Trinajstić information content (AvgIpc) is 2.38. The quantitative estimate of drug-likeness (QED) is 0.870. The lowest BCUT2D eigenvalue weighted by atomic mass is 10.3. The van der Waals surface area contributed by atoms with Crippen LogP contribution in [0.15, 0.2) is 18.2 Å². The van der Waals surface area contributed by atoms with Crippen LogP contribution >= 0.6 is 11.8 Å². The number of sulfone groups is 1. The third kappa shape index (κ3) is 2.96. The number of nitrogens with zero attached hydrogens (tertiary/aromatic N) is 2. The van der Waals surface area contributed by atoms with Crippen LogP contribution in [0.1, 0.15) is 5.69 Å². The van der Waals surface area contributed by atoms with Gasteiger partial charge < -0.3 is 10.6 Å². The van der Waals surface area contributed by atoms with Gasteiger partial charge in [0.05, 0.1) is 5.69 Å². The van der Waals surface area contributed by atoms with Gasteiger partial charge in [-0.2, -0.15) is 11.8 Å². The van der Waals surface area contributed by atoms with Crippen molar-refractivity contribution in [3.05, 3.63) is 23.9 Å². The van der Waals surface area contributed by atoms with E-state index in [4.69, 9.17) is 5.73 Å². The summed E-state index contributed by atoms with van der Waals surface area (Å²) in [5.74, 6) is 2.21. The summed E-state index contributed by atoms with van der Waals surface area (Å²) in [7, 11) is -3.11. The van der Waals surface area contributed by atoms with Crippen molar-refractivity contribution in [2.75, 3.05) is 29.2 Å². The van der Waals surface area contributed by atoms with E-state index in [-0.39, 0.29) is 0 Å². The van der Waals surface area contributed by atoms with Crippen LogP contribution in [0.2, 0.25) is 0 Å². The van der Waals surface area contributed by atoms with Crippen LogP contribution in [0.3, 0.4) is 0 Å². The summed E-state index contributed by atoms with van der Waals surface area (Å²) < 4.78 is 23.6. The third-order valence-electron chi connectivity index (χ3n) is 2.87. The summed E-state index contributed by atoms with van der Waals surface area (Å²) in [5, 5.41) is -0.489. The van der Waals surface area contributed by atoms with Gasteiger partial charge in [-0.15, -0.1) is 0 Å². The van der Waals surface area contributed by atoms with Gasteiger partial charge in [0, 0.05) is 30.9 Å². The van der Waals surface area contributed by atoms with Crippen LogP contribution in [-0.2, 0) is 16.4 Å². The lowest BCUT2D eigenvalue weighted by Gasteiger charge is -2.35. The molecule has 2 heterocycles. The van der Waals surface area contributed by atoms with Crippen LogP contribution < -0.4 is 10.6 Å². The van der Waals surface area contributed by atoms with Gasteiger partial charge in [-0.1, -0.05) is 6.07 Å². The molecule has 7 heteroatoms. The van der Waals surface area contributed by atoms with Crippen molar-refractivity contribution in [3.63, 3.8) is 0 Å². The summed E-state index contributed by atoms with van der Waals surface area (Å²) in [6.07, 6.45) is 1.28. The van der Waals surface area contributed by atoms with Gasteiger partial charge in [0.25, 0.3) is 0 Å². The van der Waals surface area contributed by atoms with E-state index in [1.807, 2.05) is 23.1 Å². The molecule has 1 aromatic heterocycles. The first-order chi connectivity index (χ1) is 8.52. The molecule has 18 heavy (non-hydrogen) atoms. The standard InChI is InChI=1S/C11H17N3O2S2/c1-18(15,16)11-8-17-6-5-14(11)10-4-2-3-9(7-12)13-10/h2-4,11H,5-8,12H2,1H3. The summed E-state index contributed by atoms with van der Waals surface area (Å²) in [4.78, 5) is 6.27. The first-order valence-corrected chi connectivity index (χ1v) is 8.82. The second-order valence-corrected chi connectivity index (χ2v) is 7.60. The van der Waals surface area contributed by atoms with Crippen LogP contribution in [-0.4, -0.2) is 43.1 Å². The number of pyridine rings is 1. The fraction of sp³-hybridized carbons (Fsp3) is 0.545. The number of anilines is 1. The zero-order chi connectivity index (χ0) is 13.2. The highest BCUT2D eigenvalue weighted by molar-refractivity contribution is 8.01. The fourth-order valence-electron chi connectivity index (χ4n) is 1.94. The molecule has 5 nitrogen and oxygen atoms in total. The van der Waals surface area contributed by atoms with Crippen molar-refractivity contribution in [1.82, 2.24) is 4.98 Å². The first-order valence-electron chi connectivity index (χ1n) is 5.71. The van der Waals surface area contributed by atoms with E-state index in [0.717, 1.165) is 11.4 Å². The monoisotopic (exact) mass is 287 g/mol. The summed E-state index contributed by atoms with van der Waals surface area (Å²) in [6, 6.07) is 5.55. The first kappa shape index (κ1) is 13.6. The molecule has 2 rings (SSSR count). The Kier molecular flexibility index (Phi) is 4.14. The Morgan fingerprint density at radius 2 is 2.33 bits per heavy atom. The van der Waals surface area contributed by atoms with Crippen LogP contribution in [0.4, 0.5) is 5.82 Å². The van der Waals surface area contributed by atoms with Gasteiger partial charge in [0.1, 0.15) is 11.2 Å². The molecule has 0 spiro atoms. The molecule has 0 amide bonds. The topological polar surface area (TPSA) is 76.3 Å². The number of aromatic nitrogens is 1. The number of nitrogens with two attached hydrogens (primary N) is 1. The number of hydrogen-bond acceptors (Lipinski definition) is 6. The van der Waals surface area contributed by atoms with E-state index in [1.54, 1.807) is 11.8 Å². The second-order valence-electron chi connectivity index (χ2n) is 4.24. The predicted molar refractivity (Wildman–Crippen MR) is 75.4 cm³/mol. The molecule has 100 valence electrons. The minimum Gasteiger partial charge on any atom is -0.338 e. The second kappa shape index (κ2) is 5.46. The van der Waals surface area contributed by atoms with Gasteiger partial charge in [-0.3, -0.25) is 0 Å². The van der Waals surface area contributed by atoms with Gasteiger partial charge in [-0.25, -0.2) is 13.4 Å². The number of thioether (sulfide) groups is 1. The van der Waals surface area contributed by atoms with Crippen molar-refractivity contribution in [3.8, 4) is 0 Å². The molecule has 0 aliphatic carbocycles. The summed E-state index contributed by atoms with van der Waals surface area (Å²) in [6.45, 7) is 1.06. The maximum atomic E-state index is 11.8. The Balaban J connectivity index is 2.33. The molecular formula is C11H17N3O2S2. The molecule has 2 N–H and O–H groups in total. The normalized spacial score (nSPS) is 21.0. The predicted octanol–water partition coefficient (Wildman–Crippen LogP) is 0.464. The third-order valence-corrected chi connectivity index (χ3v) is 5.52. The Hall–Kier alpha value is -0.790. The van der Waals surface area contributed by atoms with Crippen molar-refractivity contribution in [2.24, 2.45) is 5.73 Å². The smallest absolute Gasteiger partial charge is 0.169 e. The van der Waals surface area contributed by atoms with Gasteiger partial charge >= 0.3 is 0 Å². The van der Waals surface area contributed by atoms with Gasteiger partial charge in [0.2, 0.25) is 0 Å². The minimum atomic E-state index is -3.11. The molecule has 1 saturated heterocycles. The summed E-state index contributed by atoms with van der Waals surface area (Å²) in [5.41, 5.74) is 6.34. The largest absolute Gasteiger partial charge is 0.338 e. The van der Waals surface area contributed by atoms with Crippen molar-refractivity contribution in [1.29, 1.82) is 0 Å². The molecule has 0 radical (unpaired) electrons. The zero-order valence-corrected chi connectivity index (χ0v) is 11.9. The highest BCUT2D eigenvalue weighted by atomic mass is 32.2. The molecule has 1 unspecified atom stereocenters. The van der Waals surface area contributed by atoms with E-state index < -0.39 is 15.2 Å². The van der Waals surface area contributed by atoms with Crippen molar-refractivity contribution in [2.45, 2.75) is 11.9 Å². The molecule has 1 aliphatic rings. The Labute approximate surface area is 112 Å². The lowest BCUT2D eigenvalue weighted by Crippen LogP contribution is -2.47. The van der Waals surface area contributed by atoms with Crippen LogP contribution in [0.5, 0.6) is 0 Å². The van der Waals surface area contributed by atoms with Crippen molar-refractivity contribution < 1.29 is 8.42 Å². The zero-order valence-electron chi connectivity index (χ0n) is 10.2. The highest BCUT2D eigenvalue weighted by Gasteiger charge is 2.31. The van der Waals surface area contributed by atoms with E-state index in [0.29, 0.717) is 24.7 Å². The average molecular weight is 287 g/mol. The Bertz CT molecular complexity index is 519. The maximum Gasteiger partial charge on any atom is 0.169 e. The van der Waals surface area contributed by atoms with Crippen LogP contribution in [0.25, 0.3) is 0 Å². The Morgan fingerprint density at radius 3 is 3.00 bits per heavy atom. The highest BCUT2D eigenvalue weighted by Crippen LogP contribution is 2.25. The van der Waals surface area contributed by atoms with Crippen molar-refractivity contribution >= 4 is 27.4 Å². The molecule has 1 fully saturated rings. The summed E-state index contributed by atoms with van der Waals surface area (Å²) >= 11 is 1.66. The fourth-order valence-corrected chi connectivity index (χ4v) is 4.77. The minimum absolute atomic E-state index is 0.361. The molecule has 0 saturated carbocycles. The van der Waals surface area contributed by atoms with E-state index in [1.165, 1.54) is 6.26 Å². The molecule has 0 bridgehead atoms. The van der Waals surface area contributed by atoms with Crippen LogP contribution in [0, 0.1) is 0 Å². The molecule has 1 atom stereocenters. The lowest BCUT2D eigenvalue weighted by molar-refractivity contribution is 0.583. The van der Waals surface area contributed by atoms with E-state index in [9.17, 15) is 8.42 Å². The molecule has 0 aromatic carbocycles. The number of hydrogen-bond donors (Lipinski definition) is 1. The maximum absolute atomic E-state index is 11.8. The molecular weight excluding hydrogens is 270 g/mol.